The number of carbonyl (C=O) groups excluding carboxylic acids is 1. The van der Waals surface area contributed by atoms with Gasteiger partial charge in [0.1, 0.15) is 0 Å². The van der Waals surface area contributed by atoms with Crippen LogP contribution in [-0.4, -0.2) is 40.1 Å². The van der Waals surface area contributed by atoms with Crippen LogP contribution >= 0.6 is 0 Å². The van der Waals surface area contributed by atoms with Crippen LogP contribution in [0.2, 0.25) is 0 Å². The Labute approximate surface area is 147 Å². The Hall–Kier alpha value is -2.21. The first-order valence-electron chi connectivity index (χ1n) is 9.07. The molecule has 2 aliphatic heterocycles. The minimum absolute atomic E-state index is 0.0803. The predicted molar refractivity (Wildman–Crippen MR) is 94.3 cm³/mol. The third-order valence-corrected chi connectivity index (χ3v) is 5.34. The summed E-state index contributed by atoms with van der Waals surface area (Å²) in [6.07, 6.45) is 4.07. The van der Waals surface area contributed by atoms with Gasteiger partial charge < -0.3 is 9.42 Å². The van der Waals surface area contributed by atoms with E-state index in [1.54, 1.807) is 6.92 Å². The summed E-state index contributed by atoms with van der Waals surface area (Å²) in [6.45, 7) is 5.23. The average Bonchev–Trinajstić information content (AvgIpc) is 3.23. The van der Waals surface area contributed by atoms with Crippen LogP contribution in [0.5, 0.6) is 0 Å². The van der Waals surface area contributed by atoms with Gasteiger partial charge in [-0.05, 0) is 50.8 Å². The maximum Gasteiger partial charge on any atom is 0.241 e. The summed E-state index contributed by atoms with van der Waals surface area (Å²) in [7, 11) is 0. The summed E-state index contributed by atoms with van der Waals surface area (Å²) in [5, 5.41) is 4.07. The second-order valence-electron chi connectivity index (χ2n) is 7.08. The van der Waals surface area contributed by atoms with Gasteiger partial charge in [-0.1, -0.05) is 23.4 Å². The number of anilines is 1. The molecule has 0 radical (unpaired) electrons. The molecule has 1 aromatic carbocycles. The van der Waals surface area contributed by atoms with Crippen molar-refractivity contribution in [2.75, 3.05) is 18.0 Å². The van der Waals surface area contributed by atoms with Gasteiger partial charge in [-0.2, -0.15) is 4.98 Å². The number of rotatable bonds is 3. The molecule has 0 saturated carbocycles. The number of benzene rings is 1. The van der Waals surface area contributed by atoms with Crippen LogP contribution in [0.25, 0.3) is 0 Å². The van der Waals surface area contributed by atoms with Crippen LogP contribution < -0.4 is 4.90 Å². The second kappa shape index (κ2) is 6.59. The van der Waals surface area contributed by atoms with Gasteiger partial charge in [0.15, 0.2) is 5.82 Å². The fraction of sp³-hybridized carbons (Fsp3) is 0.526. The molecule has 2 atom stereocenters. The van der Waals surface area contributed by atoms with Crippen molar-refractivity contribution in [3.05, 3.63) is 41.5 Å². The zero-order chi connectivity index (χ0) is 17.4. The lowest BCUT2D eigenvalue weighted by atomic mass is 9.96. The third-order valence-electron chi connectivity index (χ3n) is 5.34. The quantitative estimate of drug-likeness (QED) is 0.860. The zero-order valence-corrected chi connectivity index (χ0v) is 14.8. The summed E-state index contributed by atoms with van der Waals surface area (Å²) < 4.78 is 5.13. The zero-order valence-electron chi connectivity index (χ0n) is 14.8. The highest BCUT2D eigenvalue weighted by Gasteiger charge is 2.34. The Morgan fingerprint density at radius 3 is 2.96 bits per heavy atom. The number of likely N-dealkylation sites (tertiary alicyclic amines) is 1. The molecular formula is C19H24N4O2. The number of carbonyl (C=O) groups is 1. The number of fused-ring (bicyclic) bond motifs is 1. The van der Waals surface area contributed by atoms with Crippen molar-refractivity contribution in [1.29, 1.82) is 0 Å². The normalized spacial score (nSPS) is 23.7. The molecule has 4 rings (SSSR count). The monoisotopic (exact) mass is 340 g/mol. The average molecular weight is 340 g/mol. The van der Waals surface area contributed by atoms with Gasteiger partial charge in [0.25, 0.3) is 0 Å². The molecule has 1 aromatic heterocycles. The molecule has 6 heteroatoms. The summed E-state index contributed by atoms with van der Waals surface area (Å²) in [6, 6.07) is 8.56. The predicted octanol–water partition coefficient (Wildman–Crippen LogP) is 2.88. The lowest BCUT2D eigenvalue weighted by Crippen LogP contribution is -2.47. The Morgan fingerprint density at radius 1 is 1.32 bits per heavy atom. The van der Waals surface area contributed by atoms with Crippen LogP contribution in [0, 0.1) is 6.92 Å². The Balaban J connectivity index is 1.53. The summed E-state index contributed by atoms with van der Waals surface area (Å²) in [5.41, 5.74) is 2.33. The SMILES string of the molecule is Cc1nc([C@@H]2CCCN2CC(=O)N2c3ccccc3CC[C@@H]2C)no1. The number of amides is 1. The number of aryl methyl sites for hydroxylation is 2. The molecule has 1 saturated heterocycles. The van der Waals surface area contributed by atoms with Crippen molar-refractivity contribution in [3.8, 4) is 0 Å². The Morgan fingerprint density at radius 2 is 2.16 bits per heavy atom. The van der Waals surface area contributed by atoms with Gasteiger partial charge in [-0.25, -0.2) is 0 Å². The van der Waals surface area contributed by atoms with Gasteiger partial charge in [-0.3, -0.25) is 9.69 Å². The standard InChI is InChI=1S/C19H24N4O2/c1-13-9-10-15-6-3-4-7-16(15)23(13)18(24)12-22-11-5-8-17(22)19-20-14(2)25-21-19/h3-4,6-7,13,17H,5,8-12H2,1-2H3/t13-,17-/m0/s1. The van der Waals surface area contributed by atoms with Crippen LogP contribution in [0.4, 0.5) is 5.69 Å². The molecule has 0 unspecified atom stereocenters. The summed E-state index contributed by atoms with van der Waals surface area (Å²) in [5.74, 6) is 1.44. The molecule has 0 aliphatic carbocycles. The van der Waals surface area contributed by atoms with Crippen molar-refractivity contribution in [3.63, 3.8) is 0 Å². The molecule has 1 fully saturated rings. The lowest BCUT2D eigenvalue weighted by molar-refractivity contribution is -0.120. The minimum atomic E-state index is 0.0803. The van der Waals surface area contributed by atoms with Gasteiger partial charge >= 0.3 is 0 Å². The van der Waals surface area contributed by atoms with Crippen molar-refractivity contribution in [2.45, 2.75) is 51.6 Å². The van der Waals surface area contributed by atoms with E-state index in [4.69, 9.17) is 4.52 Å². The van der Waals surface area contributed by atoms with Crippen molar-refractivity contribution >= 4 is 11.6 Å². The molecule has 132 valence electrons. The van der Waals surface area contributed by atoms with Gasteiger partial charge in [0.2, 0.25) is 11.8 Å². The molecule has 0 spiro atoms. The van der Waals surface area contributed by atoms with Crippen LogP contribution in [0.15, 0.2) is 28.8 Å². The van der Waals surface area contributed by atoms with E-state index in [0.717, 1.165) is 37.9 Å². The van der Waals surface area contributed by atoms with E-state index in [0.29, 0.717) is 18.3 Å². The first-order chi connectivity index (χ1) is 12.1. The minimum Gasteiger partial charge on any atom is -0.340 e. The molecule has 1 amide bonds. The first-order valence-corrected chi connectivity index (χ1v) is 9.07. The molecule has 2 aromatic rings. The van der Waals surface area contributed by atoms with E-state index in [9.17, 15) is 4.79 Å². The first kappa shape index (κ1) is 16.3. The van der Waals surface area contributed by atoms with Gasteiger partial charge in [-0.15, -0.1) is 0 Å². The maximum absolute atomic E-state index is 13.1. The highest BCUT2D eigenvalue weighted by Crippen LogP contribution is 2.33. The summed E-state index contributed by atoms with van der Waals surface area (Å²) in [4.78, 5) is 21.7. The molecule has 2 aliphatic rings. The van der Waals surface area contributed by atoms with E-state index in [-0.39, 0.29) is 18.0 Å². The van der Waals surface area contributed by atoms with E-state index in [1.807, 2.05) is 17.0 Å². The topological polar surface area (TPSA) is 62.5 Å². The number of aromatic nitrogens is 2. The van der Waals surface area contributed by atoms with Crippen LogP contribution in [-0.2, 0) is 11.2 Å². The Kier molecular flexibility index (Phi) is 4.29. The number of hydrogen-bond acceptors (Lipinski definition) is 5. The van der Waals surface area contributed by atoms with Crippen molar-refractivity contribution in [1.82, 2.24) is 15.0 Å². The van der Waals surface area contributed by atoms with Crippen molar-refractivity contribution in [2.24, 2.45) is 0 Å². The maximum atomic E-state index is 13.1. The van der Waals surface area contributed by atoms with Crippen LogP contribution in [0.3, 0.4) is 0 Å². The van der Waals surface area contributed by atoms with E-state index >= 15 is 0 Å². The van der Waals surface area contributed by atoms with E-state index < -0.39 is 0 Å². The molecule has 0 bridgehead atoms. The van der Waals surface area contributed by atoms with Crippen LogP contribution in [0.1, 0.15) is 49.5 Å². The number of para-hydroxylation sites is 1. The number of hydrogen-bond donors (Lipinski definition) is 0. The van der Waals surface area contributed by atoms with Gasteiger partial charge in [0.05, 0.1) is 12.6 Å². The number of nitrogens with zero attached hydrogens (tertiary/aromatic N) is 4. The highest BCUT2D eigenvalue weighted by atomic mass is 16.5. The fourth-order valence-corrected chi connectivity index (χ4v) is 4.08. The largest absolute Gasteiger partial charge is 0.340 e. The summed E-state index contributed by atoms with van der Waals surface area (Å²) >= 11 is 0. The lowest BCUT2D eigenvalue weighted by Gasteiger charge is -2.36. The second-order valence-corrected chi connectivity index (χ2v) is 7.08. The molecule has 0 N–H and O–H groups in total. The van der Waals surface area contributed by atoms with Gasteiger partial charge in [0, 0.05) is 18.7 Å². The highest BCUT2D eigenvalue weighted by molar-refractivity contribution is 5.96. The molecule has 25 heavy (non-hydrogen) atoms. The fourth-order valence-electron chi connectivity index (χ4n) is 4.08. The van der Waals surface area contributed by atoms with E-state index in [1.165, 1.54) is 5.56 Å². The smallest absolute Gasteiger partial charge is 0.241 e. The molecule has 3 heterocycles. The van der Waals surface area contributed by atoms with Crippen molar-refractivity contribution < 1.29 is 9.32 Å². The Bertz CT molecular complexity index is 772. The molecule has 6 nitrogen and oxygen atoms in total. The third kappa shape index (κ3) is 3.06. The van der Waals surface area contributed by atoms with E-state index in [2.05, 4.69) is 34.1 Å². The molecular weight excluding hydrogens is 316 g/mol.